The van der Waals surface area contributed by atoms with Gasteiger partial charge in [0, 0.05) is 0 Å². The quantitative estimate of drug-likeness (QED) is 0.182. The average Bonchev–Trinajstić information content (AvgIpc) is 1.61. The number of halogens is 2. The van der Waals surface area contributed by atoms with E-state index >= 15 is 0 Å². The monoisotopic (exact) mass is 162 g/mol. The lowest BCUT2D eigenvalue weighted by atomic mass is 14.9. The summed E-state index contributed by atoms with van der Waals surface area (Å²) in [5.41, 5.74) is 0. The van der Waals surface area contributed by atoms with E-state index in [1.165, 1.54) is 0 Å². The molecule has 0 amide bonds. The minimum Gasteiger partial charge on any atom is -0.286 e. The van der Waals surface area contributed by atoms with Gasteiger partial charge in [-0.25, -0.2) is 0 Å². The first-order chi connectivity index (χ1) is 2.91. The first-order valence-electron chi connectivity index (χ1n) is 1.28. The van der Waals surface area contributed by atoms with Crippen molar-refractivity contribution in [1.29, 1.82) is 0 Å². The van der Waals surface area contributed by atoms with Crippen molar-refractivity contribution in [2.45, 2.75) is 0 Å². The van der Waals surface area contributed by atoms with Crippen molar-refractivity contribution in [2.24, 2.45) is 0 Å². The second-order valence-corrected chi connectivity index (χ2v) is 2.67. The molecule has 0 aliphatic carbocycles. The first kappa shape index (κ1) is 6.93. The molecule has 38 valence electrons. The molecule has 0 unspecified atom stereocenters. The molecule has 6 heavy (non-hydrogen) atoms. The summed E-state index contributed by atoms with van der Waals surface area (Å²) in [6, 6.07) is 0. The molecule has 0 aromatic heterocycles. The van der Waals surface area contributed by atoms with Crippen LogP contribution in [-0.4, -0.2) is 18.1 Å². The highest BCUT2D eigenvalue weighted by Gasteiger charge is 1.77. The Labute approximate surface area is 49.9 Å². The van der Waals surface area contributed by atoms with Gasteiger partial charge in [0.2, 0.25) is 0 Å². The molecule has 0 fully saturated rings. The molecule has 0 N–H and O–H groups in total. The zero-order valence-electron chi connectivity index (χ0n) is 2.99. The van der Waals surface area contributed by atoms with Crippen molar-refractivity contribution >= 4 is 40.3 Å². The van der Waals surface area contributed by atoms with Gasteiger partial charge in [0.15, 0.2) is 0 Å². The van der Waals surface area contributed by atoms with Crippen LogP contribution in [0.5, 0.6) is 0 Å². The van der Waals surface area contributed by atoms with E-state index < -0.39 is 18.1 Å². The fourth-order valence-corrected chi connectivity index (χ4v) is 1.70. The smallest absolute Gasteiger partial charge is 0.286 e. The lowest BCUT2D eigenvalue weighted by Gasteiger charge is -1.90. The largest absolute Gasteiger partial charge is 0.300 e. The molecule has 0 aliphatic rings. The predicted molar refractivity (Wildman–Crippen MR) is 31.0 cm³/mol. The van der Waals surface area contributed by atoms with Crippen LogP contribution in [0.1, 0.15) is 0 Å². The maximum Gasteiger partial charge on any atom is 0.300 e. The number of hydrogen-bond donors (Lipinski definition) is 0. The van der Waals surface area contributed by atoms with Crippen LogP contribution in [0, 0.1) is 0 Å². The molecule has 0 rings (SSSR count). The third-order valence-electron chi connectivity index (χ3n) is 0.172. The van der Waals surface area contributed by atoms with E-state index in [0.29, 0.717) is 0 Å². The second-order valence-electron chi connectivity index (χ2n) is 0.454. The summed E-state index contributed by atoms with van der Waals surface area (Å²) in [4.78, 5) is 0. The van der Waals surface area contributed by atoms with Crippen LogP contribution in [0.15, 0.2) is 0 Å². The molecule has 0 aliphatic heterocycles. The third kappa shape index (κ3) is 4.93. The highest BCUT2D eigenvalue weighted by molar-refractivity contribution is 6.91. The molecule has 0 heterocycles. The maximum absolute atomic E-state index is 5.14. The zero-order chi connectivity index (χ0) is 4.83. The fourth-order valence-electron chi connectivity index (χ4n) is 0.0630. The van der Waals surface area contributed by atoms with Crippen molar-refractivity contribution in [3.63, 3.8) is 0 Å². The zero-order valence-corrected chi connectivity index (χ0v) is 7.33. The Balaban J connectivity index is 2.34. The SMILES string of the molecule is Cl[SiH2]OO[SiH2]Cl. The molecule has 0 saturated carbocycles. The van der Waals surface area contributed by atoms with Gasteiger partial charge in [0.05, 0.1) is 0 Å². The molecular formula is H4Cl2O2Si2. The van der Waals surface area contributed by atoms with Gasteiger partial charge in [-0.05, 0) is 0 Å². The molecule has 2 nitrogen and oxygen atoms in total. The topological polar surface area (TPSA) is 18.5 Å². The summed E-state index contributed by atoms with van der Waals surface area (Å²) in [5, 5.41) is 0. The van der Waals surface area contributed by atoms with Gasteiger partial charge in [-0.2, -0.15) is 0 Å². The first-order valence-corrected chi connectivity index (χ1v) is 6.71. The molecular weight excluding hydrogens is 159 g/mol. The van der Waals surface area contributed by atoms with E-state index in [2.05, 4.69) is 9.15 Å². The molecule has 0 aromatic rings. The minimum atomic E-state index is -0.897. The molecule has 0 saturated heterocycles. The van der Waals surface area contributed by atoms with Gasteiger partial charge >= 0.3 is 18.1 Å². The van der Waals surface area contributed by atoms with E-state index in [9.17, 15) is 0 Å². The lowest BCUT2D eigenvalue weighted by Crippen LogP contribution is -1.93. The van der Waals surface area contributed by atoms with Gasteiger partial charge in [-0.3, -0.25) is 9.15 Å². The highest BCUT2D eigenvalue weighted by Crippen LogP contribution is 1.76. The van der Waals surface area contributed by atoms with Crippen molar-refractivity contribution in [3.8, 4) is 0 Å². The van der Waals surface area contributed by atoms with Gasteiger partial charge < -0.3 is 0 Å². The molecule has 0 atom stereocenters. The van der Waals surface area contributed by atoms with Crippen molar-refractivity contribution < 1.29 is 9.15 Å². The van der Waals surface area contributed by atoms with Crippen LogP contribution in [0.2, 0.25) is 0 Å². The Morgan fingerprint density at radius 3 is 1.50 bits per heavy atom. The van der Waals surface area contributed by atoms with Crippen LogP contribution in [0.3, 0.4) is 0 Å². The normalized spacial score (nSPS) is 13.0. The maximum atomic E-state index is 5.14. The van der Waals surface area contributed by atoms with E-state index in [4.69, 9.17) is 22.2 Å². The van der Waals surface area contributed by atoms with Gasteiger partial charge in [-0.1, -0.05) is 0 Å². The average molecular weight is 163 g/mol. The predicted octanol–water partition coefficient (Wildman–Crippen LogP) is -0.590. The summed E-state index contributed by atoms with van der Waals surface area (Å²) in [5.74, 6) is 0. The summed E-state index contributed by atoms with van der Waals surface area (Å²) in [6.07, 6.45) is 0. The van der Waals surface area contributed by atoms with Crippen LogP contribution in [-0.2, 0) is 9.15 Å². The van der Waals surface area contributed by atoms with Crippen LogP contribution >= 0.6 is 22.2 Å². The Bertz CT molecular complexity index is 21.5. The fraction of sp³-hybridized carbons (Fsp3) is 0. The highest BCUT2D eigenvalue weighted by atomic mass is 35.6. The van der Waals surface area contributed by atoms with Crippen LogP contribution in [0.25, 0.3) is 0 Å². The Morgan fingerprint density at radius 2 is 1.33 bits per heavy atom. The summed E-state index contributed by atoms with van der Waals surface area (Å²) in [6.45, 7) is 0. The Kier molecular flexibility index (Phi) is 6.86. The van der Waals surface area contributed by atoms with E-state index in [0.717, 1.165) is 0 Å². The standard InChI is InChI=1S/Cl2H4O2Si2/c1-5-3-4-6-2/h5-6H2. The molecule has 0 bridgehead atoms. The number of rotatable bonds is 3. The molecule has 0 radical (unpaired) electrons. The van der Waals surface area contributed by atoms with Gasteiger partial charge in [0.1, 0.15) is 0 Å². The van der Waals surface area contributed by atoms with Gasteiger partial charge in [-0.15, -0.1) is 22.2 Å². The minimum absolute atomic E-state index is 0.897. The number of hydrogen-bond acceptors (Lipinski definition) is 2. The van der Waals surface area contributed by atoms with E-state index in [-0.39, 0.29) is 0 Å². The summed E-state index contributed by atoms with van der Waals surface area (Å²) < 4.78 is 8.63. The molecule has 0 spiro atoms. The van der Waals surface area contributed by atoms with E-state index in [1.54, 1.807) is 0 Å². The third-order valence-corrected chi connectivity index (χ3v) is 1.55. The van der Waals surface area contributed by atoms with Gasteiger partial charge in [0.25, 0.3) is 0 Å². The molecule has 0 aromatic carbocycles. The summed E-state index contributed by atoms with van der Waals surface area (Å²) >= 11 is 10.3. The van der Waals surface area contributed by atoms with Crippen LogP contribution < -0.4 is 0 Å². The van der Waals surface area contributed by atoms with E-state index in [1.807, 2.05) is 0 Å². The van der Waals surface area contributed by atoms with Crippen LogP contribution in [0.4, 0.5) is 0 Å². The van der Waals surface area contributed by atoms with Crippen molar-refractivity contribution in [2.75, 3.05) is 0 Å². The van der Waals surface area contributed by atoms with Crippen molar-refractivity contribution in [1.82, 2.24) is 0 Å². The summed E-state index contributed by atoms with van der Waals surface area (Å²) in [7, 11) is -1.79. The van der Waals surface area contributed by atoms with Crippen molar-refractivity contribution in [3.05, 3.63) is 0 Å². The Morgan fingerprint density at radius 1 is 1.00 bits per heavy atom. The Hall–Kier alpha value is 0.934. The second kappa shape index (κ2) is 5.93. The lowest BCUT2D eigenvalue weighted by molar-refractivity contribution is -0.0908. The molecule has 6 heteroatoms.